The van der Waals surface area contributed by atoms with Crippen LogP contribution in [-0.4, -0.2) is 24.1 Å². The molecule has 0 aliphatic carbocycles. The molecule has 0 bridgehead atoms. The number of hydrogen-bond acceptors (Lipinski definition) is 5. The number of para-hydroxylation sites is 3. The van der Waals surface area contributed by atoms with Gasteiger partial charge < -0.3 is 4.57 Å². The highest BCUT2D eigenvalue weighted by molar-refractivity contribution is 7.27. The Hall–Kier alpha value is -7.19. The van der Waals surface area contributed by atoms with E-state index in [1.54, 1.807) is 0 Å². The Bertz CT molecular complexity index is 3810. The van der Waals surface area contributed by atoms with E-state index in [4.69, 9.17) is 15.0 Å². The van der Waals surface area contributed by atoms with Crippen LogP contribution in [0.4, 0.5) is 0 Å². The van der Waals surface area contributed by atoms with Crippen LogP contribution in [0.15, 0.2) is 176 Å². The lowest BCUT2D eigenvalue weighted by Crippen LogP contribution is -2.07. The zero-order valence-electron chi connectivity index (χ0n) is 30.8. The van der Waals surface area contributed by atoms with Crippen molar-refractivity contribution in [1.82, 2.24) is 24.1 Å². The minimum absolute atomic E-state index is 0.583. The summed E-state index contributed by atoms with van der Waals surface area (Å²) in [6.45, 7) is 0. The zero-order chi connectivity index (χ0) is 37.9. The Morgan fingerprint density at radius 1 is 0.345 bits per heavy atom. The molecule has 270 valence electrons. The van der Waals surface area contributed by atoms with Crippen molar-refractivity contribution >= 4 is 107 Å². The zero-order valence-corrected chi connectivity index (χ0v) is 32.4. The van der Waals surface area contributed by atoms with Gasteiger partial charge in [0.2, 0.25) is 5.95 Å². The standard InChI is InChI=1S/C51H29N5S2/c1-2-14-30(15-3-1)49-52-50(54-51(53-49)56-39-22-10-5-19-36(39)46-42(56)29-27-34-32-17-8-13-25-44(32)58-48(34)46)37-20-6-11-23-40(37)55-38-21-9-4-18-35(38)45-41(55)28-26-33-31-16-7-12-24-43(31)57-47(33)45/h1-29H. The fourth-order valence-corrected chi connectivity index (χ4v) is 11.6. The van der Waals surface area contributed by atoms with Crippen LogP contribution in [0, 0.1) is 0 Å². The van der Waals surface area contributed by atoms with Crippen LogP contribution >= 0.6 is 22.7 Å². The predicted octanol–water partition coefficient (Wildman–Crippen LogP) is 14.1. The lowest BCUT2D eigenvalue weighted by molar-refractivity contribution is 0.952. The highest BCUT2D eigenvalue weighted by Gasteiger charge is 2.23. The van der Waals surface area contributed by atoms with Gasteiger partial charge in [-0.05, 0) is 48.5 Å². The Balaban J connectivity index is 1.10. The molecule has 8 aromatic carbocycles. The molecular weight excluding hydrogens is 747 g/mol. The molecule has 5 nitrogen and oxygen atoms in total. The molecule has 13 aromatic rings. The van der Waals surface area contributed by atoms with Gasteiger partial charge in [0.05, 0.1) is 27.8 Å². The monoisotopic (exact) mass is 775 g/mol. The van der Waals surface area contributed by atoms with Gasteiger partial charge in [0.15, 0.2) is 11.6 Å². The summed E-state index contributed by atoms with van der Waals surface area (Å²) in [6.07, 6.45) is 0. The third-order valence-corrected chi connectivity index (χ3v) is 14.0. The van der Waals surface area contributed by atoms with Gasteiger partial charge in [-0.15, -0.1) is 22.7 Å². The Kier molecular flexibility index (Phi) is 6.70. The molecule has 0 radical (unpaired) electrons. The summed E-state index contributed by atoms with van der Waals surface area (Å²) in [5.74, 6) is 1.82. The van der Waals surface area contributed by atoms with Crippen molar-refractivity contribution in [2.45, 2.75) is 0 Å². The van der Waals surface area contributed by atoms with E-state index in [1.165, 1.54) is 61.9 Å². The number of aromatic nitrogens is 5. The molecule has 0 aliphatic rings. The second-order valence-corrected chi connectivity index (χ2v) is 16.8. The lowest BCUT2D eigenvalue weighted by atomic mass is 10.1. The van der Waals surface area contributed by atoms with Gasteiger partial charge in [0, 0.05) is 73.0 Å². The van der Waals surface area contributed by atoms with Gasteiger partial charge in [0.1, 0.15) is 0 Å². The summed E-state index contributed by atoms with van der Waals surface area (Å²) in [4.78, 5) is 16.0. The predicted molar refractivity (Wildman–Crippen MR) is 245 cm³/mol. The van der Waals surface area contributed by atoms with Gasteiger partial charge in [-0.3, -0.25) is 4.57 Å². The number of fused-ring (bicyclic) bond motifs is 14. The molecule has 0 fully saturated rings. The average Bonchev–Trinajstić information content (AvgIpc) is 4.04. The fraction of sp³-hybridized carbons (Fsp3) is 0. The van der Waals surface area contributed by atoms with Gasteiger partial charge in [0.25, 0.3) is 0 Å². The molecule has 0 amide bonds. The number of thiophene rings is 2. The third-order valence-electron chi connectivity index (χ3n) is 11.6. The van der Waals surface area contributed by atoms with E-state index >= 15 is 0 Å². The second kappa shape index (κ2) is 12.2. The first-order valence-electron chi connectivity index (χ1n) is 19.4. The SMILES string of the molecule is c1ccc(-c2nc(-c3ccccc3-n3c4ccccc4c4c5sc6ccccc6c5ccc43)nc(-n3c4ccccc4c4c5sc6ccccc6c5ccc43)n2)cc1. The Labute approximate surface area is 339 Å². The normalized spacial score (nSPS) is 12.1. The maximum Gasteiger partial charge on any atom is 0.238 e. The molecule has 5 heterocycles. The molecule has 0 aliphatic heterocycles. The van der Waals surface area contributed by atoms with Crippen LogP contribution < -0.4 is 0 Å². The van der Waals surface area contributed by atoms with Gasteiger partial charge in [-0.2, -0.15) is 9.97 Å². The summed E-state index contributed by atoms with van der Waals surface area (Å²) < 4.78 is 9.79. The molecule has 13 rings (SSSR count). The van der Waals surface area contributed by atoms with E-state index in [-0.39, 0.29) is 0 Å². The third kappa shape index (κ3) is 4.48. The minimum atomic E-state index is 0.583. The maximum absolute atomic E-state index is 5.44. The van der Waals surface area contributed by atoms with Crippen molar-refractivity contribution in [3.63, 3.8) is 0 Å². The average molecular weight is 776 g/mol. The van der Waals surface area contributed by atoms with E-state index in [0.717, 1.165) is 38.9 Å². The van der Waals surface area contributed by atoms with E-state index in [9.17, 15) is 0 Å². The van der Waals surface area contributed by atoms with Crippen LogP contribution in [0.5, 0.6) is 0 Å². The van der Waals surface area contributed by atoms with Crippen molar-refractivity contribution in [1.29, 1.82) is 0 Å². The number of benzene rings is 8. The smallest absolute Gasteiger partial charge is 0.238 e. The number of hydrogen-bond donors (Lipinski definition) is 0. The maximum atomic E-state index is 5.44. The van der Waals surface area contributed by atoms with Crippen molar-refractivity contribution in [3.05, 3.63) is 176 Å². The van der Waals surface area contributed by atoms with Crippen LogP contribution in [-0.2, 0) is 0 Å². The van der Waals surface area contributed by atoms with E-state index in [0.29, 0.717) is 17.6 Å². The van der Waals surface area contributed by atoms with Crippen molar-refractivity contribution < 1.29 is 0 Å². The van der Waals surface area contributed by atoms with Gasteiger partial charge >= 0.3 is 0 Å². The summed E-state index contributed by atoms with van der Waals surface area (Å²) >= 11 is 3.72. The Morgan fingerprint density at radius 2 is 0.845 bits per heavy atom. The quantitative estimate of drug-likeness (QED) is 0.179. The van der Waals surface area contributed by atoms with Crippen LogP contribution in [0.2, 0.25) is 0 Å². The first kappa shape index (κ1) is 32.0. The van der Waals surface area contributed by atoms with Crippen molar-refractivity contribution in [3.8, 4) is 34.4 Å². The minimum Gasteiger partial charge on any atom is -0.308 e. The van der Waals surface area contributed by atoms with Gasteiger partial charge in [-0.25, -0.2) is 4.98 Å². The summed E-state index contributed by atoms with van der Waals surface area (Å²) in [7, 11) is 0. The molecule has 0 saturated heterocycles. The molecule has 0 unspecified atom stereocenters. The summed E-state index contributed by atoms with van der Waals surface area (Å²) in [5, 5.41) is 10.0. The van der Waals surface area contributed by atoms with Gasteiger partial charge in [-0.1, -0.05) is 127 Å². The Morgan fingerprint density at radius 3 is 1.50 bits per heavy atom. The van der Waals surface area contributed by atoms with E-state index in [1.807, 2.05) is 40.9 Å². The molecule has 0 spiro atoms. The fourth-order valence-electron chi connectivity index (χ4n) is 9.10. The second-order valence-electron chi connectivity index (χ2n) is 14.7. The lowest BCUT2D eigenvalue weighted by Gasteiger charge is -2.15. The summed E-state index contributed by atoms with van der Waals surface area (Å²) in [5.41, 5.74) is 7.29. The molecule has 0 saturated carbocycles. The van der Waals surface area contributed by atoms with E-state index in [2.05, 4.69) is 167 Å². The molecule has 0 atom stereocenters. The first-order valence-corrected chi connectivity index (χ1v) is 21.0. The van der Waals surface area contributed by atoms with E-state index < -0.39 is 0 Å². The first-order chi connectivity index (χ1) is 28.8. The van der Waals surface area contributed by atoms with Crippen LogP contribution in [0.3, 0.4) is 0 Å². The molecular formula is C51H29N5S2. The topological polar surface area (TPSA) is 48.5 Å². The van der Waals surface area contributed by atoms with Crippen molar-refractivity contribution in [2.75, 3.05) is 0 Å². The van der Waals surface area contributed by atoms with Crippen LogP contribution in [0.1, 0.15) is 0 Å². The van der Waals surface area contributed by atoms with Crippen molar-refractivity contribution in [2.24, 2.45) is 0 Å². The molecule has 5 aromatic heterocycles. The van der Waals surface area contributed by atoms with Crippen LogP contribution in [0.25, 0.3) is 118 Å². The summed E-state index contributed by atoms with van der Waals surface area (Å²) in [6, 6.07) is 62.7. The largest absolute Gasteiger partial charge is 0.308 e. The highest BCUT2D eigenvalue weighted by atomic mass is 32.1. The molecule has 7 heteroatoms. The number of rotatable bonds is 4. The highest BCUT2D eigenvalue weighted by Crippen LogP contribution is 2.45. The molecule has 0 N–H and O–H groups in total. The number of nitrogens with zero attached hydrogens (tertiary/aromatic N) is 5. The molecule has 58 heavy (non-hydrogen) atoms.